The Morgan fingerprint density at radius 1 is 1.32 bits per heavy atom. The molecule has 0 aliphatic heterocycles. The SMILES string of the molecule is Cc1ccc(Br)c(S(=O)(=O)NCCn2cnnc2)c1. The number of hydrogen-bond donors (Lipinski definition) is 1. The van der Waals surface area contributed by atoms with Gasteiger partial charge in [-0.1, -0.05) is 6.07 Å². The van der Waals surface area contributed by atoms with Crippen LogP contribution in [0.4, 0.5) is 0 Å². The van der Waals surface area contributed by atoms with Gasteiger partial charge in [0.1, 0.15) is 12.7 Å². The van der Waals surface area contributed by atoms with E-state index in [-0.39, 0.29) is 11.4 Å². The molecule has 0 radical (unpaired) electrons. The Balaban J connectivity index is 2.07. The summed E-state index contributed by atoms with van der Waals surface area (Å²) >= 11 is 3.25. The van der Waals surface area contributed by atoms with Crippen LogP contribution in [0.15, 0.2) is 40.2 Å². The zero-order valence-electron chi connectivity index (χ0n) is 10.2. The molecule has 1 aromatic heterocycles. The Hall–Kier alpha value is -1.25. The number of rotatable bonds is 5. The lowest BCUT2D eigenvalue weighted by Crippen LogP contribution is -2.27. The lowest BCUT2D eigenvalue weighted by atomic mass is 10.2. The molecule has 0 atom stereocenters. The van der Waals surface area contributed by atoms with Crippen LogP contribution in [-0.2, 0) is 16.6 Å². The van der Waals surface area contributed by atoms with Crippen LogP contribution in [-0.4, -0.2) is 29.7 Å². The monoisotopic (exact) mass is 344 g/mol. The maximum absolute atomic E-state index is 12.2. The lowest BCUT2D eigenvalue weighted by molar-refractivity contribution is 0.572. The smallest absolute Gasteiger partial charge is 0.241 e. The number of nitrogens with one attached hydrogen (secondary N) is 1. The summed E-state index contributed by atoms with van der Waals surface area (Å²) in [5, 5.41) is 7.30. The summed E-state index contributed by atoms with van der Waals surface area (Å²) < 4.78 is 29.1. The quantitative estimate of drug-likeness (QED) is 0.887. The van der Waals surface area contributed by atoms with Crippen molar-refractivity contribution in [1.82, 2.24) is 19.5 Å². The van der Waals surface area contributed by atoms with E-state index in [4.69, 9.17) is 0 Å². The van der Waals surface area contributed by atoms with Gasteiger partial charge in [0.15, 0.2) is 0 Å². The van der Waals surface area contributed by atoms with Gasteiger partial charge >= 0.3 is 0 Å². The van der Waals surface area contributed by atoms with Crippen molar-refractivity contribution in [2.45, 2.75) is 18.4 Å². The van der Waals surface area contributed by atoms with E-state index < -0.39 is 10.0 Å². The van der Waals surface area contributed by atoms with Crippen LogP contribution in [0.2, 0.25) is 0 Å². The molecule has 1 N–H and O–H groups in total. The molecule has 0 saturated heterocycles. The number of hydrogen-bond acceptors (Lipinski definition) is 4. The largest absolute Gasteiger partial charge is 0.319 e. The Morgan fingerprint density at radius 2 is 2.00 bits per heavy atom. The first-order valence-corrected chi connectivity index (χ1v) is 7.85. The molecule has 1 heterocycles. The maximum atomic E-state index is 12.2. The van der Waals surface area contributed by atoms with Gasteiger partial charge in [-0.3, -0.25) is 0 Å². The fourth-order valence-corrected chi connectivity index (χ4v) is 3.61. The van der Waals surface area contributed by atoms with Crippen LogP contribution in [0.1, 0.15) is 5.56 Å². The molecule has 6 nitrogen and oxygen atoms in total. The predicted molar refractivity (Wildman–Crippen MR) is 74.1 cm³/mol. The number of sulfonamides is 1. The molecule has 0 saturated carbocycles. The highest BCUT2D eigenvalue weighted by atomic mass is 79.9. The van der Waals surface area contributed by atoms with Crippen LogP contribution >= 0.6 is 15.9 Å². The van der Waals surface area contributed by atoms with Crippen molar-refractivity contribution in [3.05, 3.63) is 40.9 Å². The molecule has 0 amide bonds. The van der Waals surface area contributed by atoms with E-state index in [1.807, 2.05) is 13.0 Å². The summed E-state index contributed by atoms with van der Waals surface area (Å²) in [6, 6.07) is 5.20. The molecular weight excluding hydrogens is 332 g/mol. The second-order valence-electron chi connectivity index (χ2n) is 4.03. The Labute approximate surface area is 120 Å². The van der Waals surface area contributed by atoms with Gasteiger partial charge in [0.2, 0.25) is 10.0 Å². The highest BCUT2D eigenvalue weighted by Gasteiger charge is 2.17. The first-order chi connectivity index (χ1) is 8.99. The summed E-state index contributed by atoms with van der Waals surface area (Å²) in [4.78, 5) is 0.247. The second-order valence-corrected chi connectivity index (χ2v) is 6.62. The molecule has 1 aromatic carbocycles. The molecular formula is C11H13BrN4O2S. The Bertz CT molecular complexity index is 655. The number of halogens is 1. The third kappa shape index (κ3) is 3.62. The van der Waals surface area contributed by atoms with Gasteiger partial charge in [-0.25, -0.2) is 13.1 Å². The van der Waals surface area contributed by atoms with E-state index in [0.29, 0.717) is 11.0 Å². The minimum Gasteiger partial charge on any atom is -0.319 e. The van der Waals surface area contributed by atoms with Gasteiger partial charge in [-0.05, 0) is 40.5 Å². The standard InChI is InChI=1S/C11H13BrN4O2S/c1-9-2-3-10(12)11(6-9)19(17,18)15-4-5-16-7-13-14-8-16/h2-3,6-8,15H,4-5H2,1H3. The molecule has 0 bridgehead atoms. The number of aryl methyl sites for hydroxylation is 1. The first kappa shape index (κ1) is 14.2. The van der Waals surface area contributed by atoms with Gasteiger partial charge in [0.25, 0.3) is 0 Å². The molecule has 2 rings (SSSR count). The fourth-order valence-electron chi connectivity index (χ4n) is 1.54. The molecule has 0 spiro atoms. The van der Waals surface area contributed by atoms with Crippen molar-refractivity contribution < 1.29 is 8.42 Å². The lowest BCUT2D eigenvalue weighted by Gasteiger charge is -2.09. The van der Waals surface area contributed by atoms with Crippen LogP contribution in [0.25, 0.3) is 0 Å². The maximum Gasteiger partial charge on any atom is 0.241 e. The summed E-state index contributed by atoms with van der Waals surface area (Å²) in [5.74, 6) is 0. The average Bonchev–Trinajstić information content (AvgIpc) is 2.85. The van der Waals surface area contributed by atoms with Crippen molar-refractivity contribution in [2.24, 2.45) is 0 Å². The van der Waals surface area contributed by atoms with Gasteiger partial charge in [0, 0.05) is 17.6 Å². The van der Waals surface area contributed by atoms with Crippen molar-refractivity contribution in [2.75, 3.05) is 6.54 Å². The van der Waals surface area contributed by atoms with Gasteiger partial charge in [-0.2, -0.15) is 0 Å². The molecule has 0 aliphatic carbocycles. The van der Waals surface area contributed by atoms with E-state index in [2.05, 4.69) is 30.8 Å². The topological polar surface area (TPSA) is 76.9 Å². The van der Waals surface area contributed by atoms with Gasteiger partial charge in [-0.15, -0.1) is 10.2 Å². The van der Waals surface area contributed by atoms with E-state index in [1.165, 1.54) is 12.7 Å². The van der Waals surface area contributed by atoms with Crippen LogP contribution in [0.5, 0.6) is 0 Å². The van der Waals surface area contributed by atoms with Crippen molar-refractivity contribution in [3.63, 3.8) is 0 Å². The molecule has 0 unspecified atom stereocenters. The summed E-state index contributed by atoms with van der Waals surface area (Å²) in [6.07, 6.45) is 3.08. The zero-order valence-corrected chi connectivity index (χ0v) is 12.6. The third-order valence-electron chi connectivity index (χ3n) is 2.50. The normalized spacial score (nSPS) is 11.7. The minimum absolute atomic E-state index is 0.247. The van der Waals surface area contributed by atoms with Crippen LogP contribution in [0.3, 0.4) is 0 Å². The minimum atomic E-state index is -3.52. The molecule has 8 heteroatoms. The molecule has 0 aliphatic rings. The summed E-state index contributed by atoms with van der Waals surface area (Å²) in [5.41, 5.74) is 0.891. The molecule has 0 fully saturated rings. The number of benzene rings is 1. The van der Waals surface area contributed by atoms with Gasteiger partial charge < -0.3 is 4.57 Å². The fraction of sp³-hybridized carbons (Fsp3) is 0.273. The molecule has 2 aromatic rings. The van der Waals surface area contributed by atoms with E-state index >= 15 is 0 Å². The third-order valence-corrected chi connectivity index (χ3v) is 4.96. The van der Waals surface area contributed by atoms with Crippen molar-refractivity contribution >= 4 is 26.0 Å². The van der Waals surface area contributed by atoms with E-state index in [0.717, 1.165) is 5.56 Å². The Kier molecular flexibility index (Phi) is 4.33. The Morgan fingerprint density at radius 3 is 2.68 bits per heavy atom. The van der Waals surface area contributed by atoms with E-state index in [9.17, 15) is 8.42 Å². The van der Waals surface area contributed by atoms with Gasteiger partial charge in [0.05, 0.1) is 4.90 Å². The average molecular weight is 345 g/mol. The number of nitrogens with zero attached hydrogens (tertiary/aromatic N) is 3. The van der Waals surface area contributed by atoms with Crippen molar-refractivity contribution in [1.29, 1.82) is 0 Å². The predicted octanol–water partition coefficient (Wildman–Crippen LogP) is 1.33. The van der Waals surface area contributed by atoms with Crippen LogP contribution < -0.4 is 4.72 Å². The first-order valence-electron chi connectivity index (χ1n) is 5.57. The zero-order chi connectivity index (χ0) is 13.9. The highest BCUT2D eigenvalue weighted by molar-refractivity contribution is 9.10. The number of aromatic nitrogens is 3. The highest BCUT2D eigenvalue weighted by Crippen LogP contribution is 2.22. The van der Waals surface area contributed by atoms with Crippen molar-refractivity contribution in [3.8, 4) is 0 Å². The summed E-state index contributed by atoms with van der Waals surface area (Å²) in [7, 11) is -3.52. The summed E-state index contributed by atoms with van der Waals surface area (Å²) in [6.45, 7) is 2.61. The van der Waals surface area contributed by atoms with E-state index in [1.54, 1.807) is 16.7 Å². The second kappa shape index (κ2) is 5.81. The molecule has 102 valence electrons. The van der Waals surface area contributed by atoms with Crippen LogP contribution in [0, 0.1) is 6.92 Å². The molecule has 19 heavy (non-hydrogen) atoms.